The quantitative estimate of drug-likeness (QED) is 0.640. The van der Waals surface area contributed by atoms with Crippen molar-refractivity contribution in [1.29, 1.82) is 0 Å². The minimum Gasteiger partial charge on any atom is -0.0622 e. The van der Waals surface area contributed by atoms with Gasteiger partial charge in [0.25, 0.3) is 0 Å². The predicted octanol–water partition coefficient (Wildman–Crippen LogP) is 5.97. The van der Waals surface area contributed by atoms with Gasteiger partial charge in [0, 0.05) is 10.8 Å². The second-order valence-electron chi connectivity index (χ2n) is 9.73. The minimum atomic E-state index is 0.285. The number of hydrogen-bond donors (Lipinski definition) is 0. The van der Waals surface area contributed by atoms with Gasteiger partial charge in [-0.05, 0) is 32.8 Å². The Kier molecular flexibility index (Phi) is 2.16. The summed E-state index contributed by atoms with van der Waals surface area (Å²) in [5.41, 5.74) is 4.95. The average Bonchev–Trinajstić information content (AvgIpc) is 3.12. The molecule has 0 aliphatic heterocycles. The normalized spacial score (nSPS) is 45.6. The number of rotatable bonds is 2. The smallest absolute Gasteiger partial charge is 0.0146 e. The van der Waals surface area contributed by atoms with Crippen molar-refractivity contribution in [2.24, 2.45) is 21.7 Å². The van der Waals surface area contributed by atoms with E-state index in [1.54, 1.807) is 11.1 Å². The van der Waals surface area contributed by atoms with Crippen molar-refractivity contribution >= 4 is 0 Å². The third kappa shape index (κ3) is 0.866. The van der Waals surface area contributed by atoms with Crippen molar-refractivity contribution in [1.82, 2.24) is 0 Å². The van der Waals surface area contributed by atoms with Crippen LogP contribution in [0.5, 0.6) is 0 Å². The van der Waals surface area contributed by atoms with Gasteiger partial charge < -0.3 is 0 Å². The van der Waals surface area contributed by atoms with Crippen molar-refractivity contribution < 1.29 is 0 Å². The zero-order chi connectivity index (χ0) is 17.2. The summed E-state index contributed by atoms with van der Waals surface area (Å²) >= 11 is 0. The third-order valence-corrected chi connectivity index (χ3v) is 9.66. The Morgan fingerprint density at radius 2 is 0.750 bits per heavy atom. The summed E-state index contributed by atoms with van der Waals surface area (Å²) in [5.74, 6) is 0. The van der Waals surface area contributed by atoms with Crippen molar-refractivity contribution in [3.8, 4) is 0 Å². The van der Waals surface area contributed by atoms with Crippen molar-refractivity contribution in [2.45, 2.75) is 52.4 Å². The van der Waals surface area contributed by atoms with Gasteiger partial charge in [-0.1, -0.05) is 102 Å². The molecular weight excluding hydrogens is 288 g/mol. The van der Waals surface area contributed by atoms with Crippen LogP contribution < -0.4 is 0 Å². The van der Waals surface area contributed by atoms with Crippen LogP contribution in [-0.4, -0.2) is 0 Å². The van der Waals surface area contributed by atoms with E-state index >= 15 is 0 Å². The lowest BCUT2D eigenvalue weighted by atomic mass is 9.54. The molecule has 2 aromatic carbocycles. The number of fused-ring (bicyclic) bond motifs is 4. The van der Waals surface area contributed by atoms with Gasteiger partial charge in [0.1, 0.15) is 0 Å². The van der Waals surface area contributed by atoms with E-state index in [0.717, 1.165) is 0 Å². The lowest BCUT2D eigenvalue weighted by molar-refractivity contribution is 0.122. The van der Waals surface area contributed by atoms with Crippen LogP contribution in [-0.2, 0) is 10.8 Å². The summed E-state index contributed by atoms with van der Waals surface area (Å²) in [7, 11) is 0. The molecule has 0 N–H and O–H groups in total. The third-order valence-electron chi connectivity index (χ3n) is 9.66. The van der Waals surface area contributed by atoms with Crippen LogP contribution in [0.25, 0.3) is 0 Å². The molecule has 0 atom stereocenters. The van der Waals surface area contributed by atoms with E-state index in [4.69, 9.17) is 0 Å². The van der Waals surface area contributed by atoms with Gasteiger partial charge in [0.05, 0.1) is 0 Å². The van der Waals surface area contributed by atoms with Crippen molar-refractivity contribution in [3.05, 3.63) is 71.8 Å². The van der Waals surface area contributed by atoms with E-state index in [0.29, 0.717) is 21.7 Å². The fourth-order valence-corrected chi connectivity index (χ4v) is 9.13. The Morgan fingerprint density at radius 1 is 0.458 bits per heavy atom. The molecule has 3 aliphatic rings. The Hall–Kier alpha value is -1.56. The zero-order valence-electron chi connectivity index (χ0n) is 15.8. The molecular formula is C24H28. The molecule has 3 fully saturated rings. The molecule has 3 saturated carbocycles. The molecule has 3 aliphatic carbocycles. The molecule has 0 saturated heterocycles. The molecule has 0 heteroatoms. The van der Waals surface area contributed by atoms with Crippen molar-refractivity contribution in [3.63, 3.8) is 0 Å². The average molecular weight is 316 g/mol. The molecule has 0 heterocycles. The molecule has 0 nitrogen and oxygen atoms in total. The topological polar surface area (TPSA) is 0 Å². The molecule has 0 spiro atoms. The highest BCUT2D eigenvalue weighted by atomic mass is 15.2. The second kappa shape index (κ2) is 3.52. The first-order valence-electron chi connectivity index (χ1n) is 9.32. The van der Waals surface area contributed by atoms with Crippen LogP contribution in [0, 0.1) is 21.7 Å². The van der Waals surface area contributed by atoms with Crippen molar-refractivity contribution in [2.75, 3.05) is 0 Å². The van der Waals surface area contributed by atoms with E-state index in [1.807, 2.05) is 0 Å². The zero-order valence-corrected chi connectivity index (χ0v) is 15.8. The first kappa shape index (κ1) is 14.8. The summed E-state index contributed by atoms with van der Waals surface area (Å²) in [5, 5.41) is 0. The molecule has 24 heavy (non-hydrogen) atoms. The summed E-state index contributed by atoms with van der Waals surface area (Å²) in [6, 6.07) is 22.7. The Labute approximate surface area is 146 Å². The largest absolute Gasteiger partial charge is 0.0622 e. The Morgan fingerprint density at radius 3 is 1.04 bits per heavy atom. The summed E-state index contributed by atoms with van der Waals surface area (Å²) in [4.78, 5) is 0. The standard InChI is InChI=1S/C24H28/c1-19(2)21(5)23(19,17-13-9-7-10-14-17)22(6)20(3,4)24(21,22)18-15-11-8-12-16-18/h7-16H,1-6H3. The van der Waals surface area contributed by atoms with Crippen LogP contribution in [0.4, 0.5) is 0 Å². The minimum absolute atomic E-state index is 0.285. The molecule has 2 aromatic rings. The molecule has 0 amide bonds. The Bertz CT molecular complexity index is 757. The summed E-state index contributed by atoms with van der Waals surface area (Å²) in [6.45, 7) is 15.2. The summed E-state index contributed by atoms with van der Waals surface area (Å²) in [6.07, 6.45) is 0. The van der Waals surface area contributed by atoms with Crippen LogP contribution in [0.1, 0.15) is 52.7 Å². The van der Waals surface area contributed by atoms with Gasteiger partial charge in [-0.3, -0.25) is 0 Å². The fraction of sp³-hybridized carbons (Fsp3) is 0.500. The highest BCUT2D eigenvalue weighted by molar-refractivity contribution is 5.75. The van der Waals surface area contributed by atoms with Crippen LogP contribution >= 0.6 is 0 Å². The highest BCUT2D eigenvalue weighted by Crippen LogP contribution is 3.14. The fourth-order valence-electron chi connectivity index (χ4n) is 9.13. The lowest BCUT2D eigenvalue weighted by Crippen LogP contribution is -2.48. The number of benzene rings is 2. The highest BCUT2D eigenvalue weighted by Gasteiger charge is 3.14. The second-order valence-corrected chi connectivity index (χ2v) is 9.73. The van der Waals surface area contributed by atoms with E-state index < -0.39 is 0 Å². The maximum absolute atomic E-state index is 2.57. The predicted molar refractivity (Wildman–Crippen MR) is 100 cm³/mol. The van der Waals surface area contributed by atoms with Gasteiger partial charge in [-0.2, -0.15) is 0 Å². The van der Waals surface area contributed by atoms with E-state index in [1.165, 1.54) is 0 Å². The van der Waals surface area contributed by atoms with E-state index in [-0.39, 0.29) is 10.8 Å². The maximum atomic E-state index is 2.57. The molecule has 0 unspecified atom stereocenters. The monoisotopic (exact) mass is 316 g/mol. The molecule has 0 radical (unpaired) electrons. The number of hydrogen-bond acceptors (Lipinski definition) is 0. The summed E-state index contributed by atoms with van der Waals surface area (Å²) < 4.78 is 0. The molecule has 0 bridgehead atoms. The van der Waals surface area contributed by atoms with Gasteiger partial charge in [-0.15, -0.1) is 0 Å². The van der Waals surface area contributed by atoms with E-state index in [2.05, 4.69) is 102 Å². The Balaban J connectivity index is 1.82. The lowest BCUT2D eigenvalue weighted by Gasteiger charge is -2.48. The maximum Gasteiger partial charge on any atom is 0.0146 e. The first-order chi connectivity index (χ1) is 11.2. The van der Waals surface area contributed by atoms with Gasteiger partial charge >= 0.3 is 0 Å². The van der Waals surface area contributed by atoms with Gasteiger partial charge in [0.15, 0.2) is 0 Å². The molecule has 124 valence electrons. The van der Waals surface area contributed by atoms with Crippen LogP contribution in [0.2, 0.25) is 0 Å². The van der Waals surface area contributed by atoms with Gasteiger partial charge in [-0.25, -0.2) is 0 Å². The van der Waals surface area contributed by atoms with Crippen LogP contribution in [0.15, 0.2) is 60.7 Å². The van der Waals surface area contributed by atoms with Gasteiger partial charge in [0.2, 0.25) is 0 Å². The SMILES string of the molecule is CC1(C)C2(C)C1(c1ccccc1)C1(C)C(C)(C)C21c1ccccc1. The molecule has 0 aromatic heterocycles. The molecule has 5 rings (SSSR count). The van der Waals surface area contributed by atoms with Crippen LogP contribution in [0.3, 0.4) is 0 Å². The first-order valence-corrected chi connectivity index (χ1v) is 9.32. The van der Waals surface area contributed by atoms with E-state index in [9.17, 15) is 0 Å².